The molecule has 0 aromatic heterocycles. The summed E-state index contributed by atoms with van der Waals surface area (Å²) in [6, 6.07) is 0.861. The van der Waals surface area contributed by atoms with Crippen molar-refractivity contribution in [3.63, 3.8) is 0 Å². The summed E-state index contributed by atoms with van der Waals surface area (Å²) in [6.45, 7) is 11.4. The third kappa shape index (κ3) is 21.0. The van der Waals surface area contributed by atoms with E-state index in [2.05, 4.69) is 20.8 Å². The number of hydrogen-bond donors (Lipinski definition) is 0. The zero-order chi connectivity index (χ0) is 26.0. The summed E-state index contributed by atoms with van der Waals surface area (Å²) in [5.41, 5.74) is 0. The summed E-state index contributed by atoms with van der Waals surface area (Å²) >= 11 is 0. The molecule has 1 saturated heterocycles. The van der Waals surface area contributed by atoms with E-state index in [0.29, 0.717) is 12.7 Å². The monoisotopic (exact) mass is 530 g/mol. The molecule has 1 heterocycles. The first-order valence-electron chi connectivity index (χ1n) is 15.9. The second-order valence-electron chi connectivity index (χ2n) is 10.7. The molecule has 36 heavy (non-hydrogen) atoms. The van der Waals surface area contributed by atoms with Gasteiger partial charge in [0, 0.05) is 32.5 Å². The van der Waals surface area contributed by atoms with E-state index in [1.807, 2.05) is 0 Å². The molecule has 0 N–H and O–H groups in total. The maximum absolute atomic E-state index is 6.58. The Kier molecular flexibility index (Phi) is 23.9. The van der Waals surface area contributed by atoms with Crippen molar-refractivity contribution >= 4 is 8.80 Å². The molecule has 0 radical (unpaired) electrons. The molecule has 0 aromatic carbocycles. The zero-order valence-electron chi connectivity index (χ0n) is 24.5. The average Bonchev–Trinajstić information content (AvgIpc) is 3.71. The topological polar surface area (TPSA) is 49.5 Å². The lowest BCUT2D eigenvalue weighted by Crippen LogP contribution is -2.47. The number of rotatable bonds is 30. The standard InChI is InChI=1S/C30H62O5Si/c1-4-7-10-13-16-19-24-33-36(27-22-23-31-28-30-29-32-30,34-25-20-17-14-11-8-5-2)35-26-21-18-15-12-9-6-3/h30H,4-29H2,1-3H3. The van der Waals surface area contributed by atoms with Gasteiger partial charge in [0.2, 0.25) is 0 Å². The van der Waals surface area contributed by atoms with E-state index in [4.69, 9.17) is 22.8 Å². The molecule has 1 aliphatic rings. The maximum atomic E-state index is 6.58. The highest BCUT2D eigenvalue weighted by Crippen LogP contribution is 2.22. The van der Waals surface area contributed by atoms with Gasteiger partial charge < -0.3 is 22.8 Å². The van der Waals surface area contributed by atoms with Crippen LogP contribution in [0, 0.1) is 0 Å². The quantitative estimate of drug-likeness (QED) is 0.0527. The van der Waals surface area contributed by atoms with Gasteiger partial charge >= 0.3 is 8.80 Å². The molecule has 5 nitrogen and oxygen atoms in total. The van der Waals surface area contributed by atoms with Gasteiger partial charge in [-0.25, -0.2) is 0 Å². The van der Waals surface area contributed by atoms with E-state index >= 15 is 0 Å². The highest BCUT2D eigenvalue weighted by Gasteiger charge is 2.40. The minimum Gasteiger partial charge on any atom is -0.379 e. The number of epoxide rings is 1. The van der Waals surface area contributed by atoms with E-state index in [-0.39, 0.29) is 0 Å². The fraction of sp³-hybridized carbons (Fsp3) is 1.00. The summed E-state index contributed by atoms with van der Waals surface area (Å²) in [6.07, 6.45) is 24.1. The summed E-state index contributed by atoms with van der Waals surface area (Å²) in [5, 5.41) is 0. The summed E-state index contributed by atoms with van der Waals surface area (Å²) < 4.78 is 30.8. The predicted octanol–water partition coefficient (Wildman–Crippen LogP) is 8.86. The van der Waals surface area contributed by atoms with Gasteiger partial charge in [-0.2, -0.15) is 0 Å². The van der Waals surface area contributed by atoms with Gasteiger partial charge in [-0.1, -0.05) is 117 Å². The molecule has 0 saturated carbocycles. The molecular weight excluding hydrogens is 468 g/mol. The van der Waals surface area contributed by atoms with Crippen molar-refractivity contribution in [3.8, 4) is 0 Å². The average molecular weight is 531 g/mol. The maximum Gasteiger partial charge on any atom is 0.501 e. The Morgan fingerprint density at radius 3 is 1.31 bits per heavy atom. The number of hydrogen-bond acceptors (Lipinski definition) is 5. The van der Waals surface area contributed by atoms with Crippen LogP contribution in [0.1, 0.15) is 143 Å². The van der Waals surface area contributed by atoms with Crippen molar-refractivity contribution < 1.29 is 22.8 Å². The molecule has 0 bridgehead atoms. The fourth-order valence-electron chi connectivity index (χ4n) is 4.44. The molecule has 1 aliphatic heterocycles. The minimum absolute atomic E-state index is 0.323. The lowest BCUT2D eigenvalue weighted by molar-refractivity contribution is 0.0505. The summed E-state index contributed by atoms with van der Waals surface area (Å²) in [4.78, 5) is 0. The first kappa shape index (κ1) is 34.0. The van der Waals surface area contributed by atoms with Crippen molar-refractivity contribution in [3.05, 3.63) is 0 Å². The lowest BCUT2D eigenvalue weighted by Gasteiger charge is -2.30. The Bertz CT molecular complexity index is 402. The molecule has 1 rings (SSSR count). The largest absolute Gasteiger partial charge is 0.501 e. The molecular formula is C30H62O5Si. The van der Waals surface area contributed by atoms with E-state index in [0.717, 1.165) is 64.8 Å². The summed E-state index contributed by atoms with van der Waals surface area (Å²) in [5.74, 6) is 0. The summed E-state index contributed by atoms with van der Waals surface area (Å²) in [7, 11) is -2.69. The third-order valence-corrected chi connectivity index (χ3v) is 9.84. The Labute approximate surface area is 226 Å². The van der Waals surface area contributed by atoms with Crippen molar-refractivity contribution in [1.29, 1.82) is 0 Å². The zero-order valence-corrected chi connectivity index (χ0v) is 25.5. The van der Waals surface area contributed by atoms with Gasteiger partial charge in [0.15, 0.2) is 0 Å². The van der Waals surface area contributed by atoms with Crippen LogP contribution in [0.15, 0.2) is 0 Å². The first-order valence-corrected chi connectivity index (χ1v) is 17.8. The van der Waals surface area contributed by atoms with Gasteiger partial charge in [0.05, 0.1) is 13.2 Å². The van der Waals surface area contributed by atoms with Crippen LogP contribution in [0.25, 0.3) is 0 Å². The Morgan fingerprint density at radius 2 is 0.917 bits per heavy atom. The fourth-order valence-corrected chi connectivity index (χ4v) is 7.07. The smallest absolute Gasteiger partial charge is 0.379 e. The molecule has 0 amide bonds. The molecule has 0 spiro atoms. The van der Waals surface area contributed by atoms with Gasteiger partial charge in [-0.3, -0.25) is 0 Å². The molecule has 216 valence electrons. The van der Waals surface area contributed by atoms with Crippen LogP contribution in [0.2, 0.25) is 6.04 Å². The lowest BCUT2D eigenvalue weighted by atomic mass is 10.1. The van der Waals surface area contributed by atoms with Crippen LogP contribution in [0.3, 0.4) is 0 Å². The number of unbranched alkanes of at least 4 members (excludes halogenated alkanes) is 15. The predicted molar refractivity (Wildman–Crippen MR) is 154 cm³/mol. The molecule has 0 aliphatic carbocycles. The Hall–Kier alpha value is 0.0169. The van der Waals surface area contributed by atoms with Crippen molar-refractivity contribution in [2.24, 2.45) is 0 Å². The first-order chi connectivity index (χ1) is 17.8. The van der Waals surface area contributed by atoms with Crippen LogP contribution in [0.4, 0.5) is 0 Å². The van der Waals surface area contributed by atoms with Crippen LogP contribution in [-0.2, 0) is 22.8 Å². The number of ether oxygens (including phenoxy) is 2. The van der Waals surface area contributed by atoms with Crippen molar-refractivity contribution in [2.45, 2.75) is 155 Å². The molecule has 0 aromatic rings. The van der Waals surface area contributed by atoms with Crippen molar-refractivity contribution in [2.75, 3.05) is 39.6 Å². The Morgan fingerprint density at radius 1 is 0.528 bits per heavy atom. The highest BCUT2D eigenvalue weighted by molar-refractivity contribution is 6.60. The van der Waals surface area contributed by atoms with E-state index in [1.54, 1.807) is 0 Å². The van der Waals surface area contributed by atoms with E-state index in [1.165, 1.54) is 96.3 Å². The third-order valence-electron chi connectivity index (χ3n) is 6.94. The second kappa shape index (κ2) is 25.3. The van der Waals surface area contributed by atoms with Crippen LogP contribution in [-0.4, -0.2) is 54.5 Å². The minimum atomic E-state index is -2.69. The van der Waals surface area contributed by atoms with Crippen LogP contribution < -0.4 is 0 Å². The Balaban J connectivity index is 2.52. The van der Waals surface area contributed by atoms with Gasteiger partial charge in [0.25, 0.3) is 0 Å². The SMILES string of the molecule is CCCCCCCCO[Si](CCCOCC1CO1)(OCCCCCCCC)OCCCCCCCC. The molecule has 1 unspecified atom stereocenters. The highest BCUT2D eigenvalue weighted by atomic mass is 28.4. The van der Waals surface area contributed by atoms with E-state index < -0.39 is 8.80 Å². The van der Waals surface area contributed by atoms with Crippen molar-refractivity contribution in [1.82, 2.24) is 0 Å². The molecule has 1 fully saturated rings. The second-order valence-corrected chi connectivity index (χ2v) is 13.4. The van der Waals surface area contributed by atoms with Gasteiger partial charge in [-0.15, -0.1) is 0 Å². The van der Waals surface area contributed by atoms with Gasteiger partial charge in [-0.05, 0) is 25.7 Å². The van der Waals surface area contributed by atoms with Crippen LogP contribution >= 0.6 is 0 Å². The van der Waals surface area contributed by atoms with Gasteiger partial charge in [0.1, 0.15) is 6.10 Å². The van der Waals surface area contributed by atoms with E-state index in [9.17, 15) is 0 Å². The normalized spacial score (nSPS) is 15.6. The van der Waals surface area contributed by atoms with Crippen LogP contribution in [0.5, 0.6) is 0 Å². The molecule has 6 heteroatoms. The molecule has 1 atom stereocenters.